The predicted octanol–water partition coefficient (Wildman–Crippen LogP) is 1.58. The summed E-state index contributed by atoms with van der Waals surface area (Å²) in [7, 11) is 0. The van der Waals surface area contributed by atoms with Crippen LogP contribution in [0.3, 0.4) is 0 Å². The van der Waals surface area contributed by atoms with Crippen molar-refractivity contribution < 1.29 is 9.18 Å². The second kappa shape index (κ2) is 6.08. The van der Waals surface area contributed by atoms with Gasteiger partial charge in [-0.1, -0.05) is 0 Å². The molecule has 0 saturated carbocycles. The van der Waals surface area contributed by atoms with Gasteiger partial charge in [0, 0.05) is 31.7 Å². The lowest BCUT2D eigenvalue weighted by Crippen LogP contribution is -2.34. The number of carbonyl (C=O) groups is 1. The zero-order valence-corrected chi connectivity index (χ0v) is 10.7. The Morgan fingerprint density at radius 1 is 1.47 bits per heavy atom. The van der Waals surface area contributed by atoms with Crippen molar-refractivity contribution in [2.75, 3.05) is 13.1 Å². The standard InChI is InChI=1S/C13H15FN4O/c1-2-17(6-7-18-5-3-4-16-18)13(19)11-8-12(14)10-15-9-11/h3-5,8-10H,2,6-7H2,1H3. The fourth-order valence-electron chi connectivity index (χ4n) is 1.77. The Balaban J connectivity index is 2.02. The molecule has 0 saturated heterocycles. The predicted molar refractivity (Wildman–Crippen MR) is 68.0 cm³/mol. The van der Waals surface area contributed by atoms with Gasteiger partial charge in [0.05, 0.1) is 18.3 Å². The minimum absolute atomic E-state index is 0.221. The maximum atomic E-state index is 13.1. The van der Waals surface area contributed by atoms with Crippen molar-refractivity contribution >= 4 is 5.91 Å². The van der Waals surface area contributed by atoms with E-state index in [-0.39, 0.29) is 11.5 Å². The molecule has 0 aliphatic carbocycles. The highest BCUT2D eigenvalue weighted by atomic mass is 19.1. The lowest BCUT2D eigenvalue weighted by atomic mass is 10.2. The van der Waals surface area contributed by atoms with E-state index in [0.29, 0.717) is 19.6 Å². The first kappa shape index (κ1) is 13.2. The molecule has 100 valence electrons. The van der Waals surface area contributed by atoms with E-state index in [1.165, 1.54) is 12.3 Å². The van der Waals surface area contributed by atoms with Crippen LogP contribution < -0.4 is 0 Å². The third-order valence-electron chi connectivity index (χ3n) is 2.78. The topological polar surface area (TPSA) is 51.0 Å². The maximum Gasteiger partial charge on any atom is 0.255 e. The van der Waals surface area contributed by atoms with Gasteiger partial charge in [0.2, 0.25) is 0 Å². The molecule has 19 heavy (non-hydrogen) atoms. The second-order valence-electron chi connectivity index (χ2n) is 4.05. The Morgan fingerprint density at radius 3 is 2.95 bits per heavy atom. The normalized spacial score (nSPS) is 10.4. The zero-order chi connectivity index (χ0) is 13.7. The van der Waals surface area contributed by atoms with Crippen LogP contribution in [0.4, 0.5) is 4.39 Å². The van der Waals surface area contributed by atoms with E-state index in [0.717, 1.165) is 6.20 Å². The molecule has 1 amide bonds. The largest absolute Gasteiger partial charge is 0.337 e. The molecule has 2 rings (SSSR count). The summed E-state index contributed by atoms with van der Waals surface area (Å²) in [5.41, 5.74) is 0.266. The molecule has 0 atom stereocenters. The van der Waals surface area contributed by atoms with Crippen molar-refractivity contribution in [1.29, 1.82) is 0 Å². The van der Waals surface area contributed by atoms with Crippen LogP contribution in [0, 0.1) is 5.82 Å². The number of amides is 1. The molecule has 0 radical (unpaired) electrons. The third kappa shape index (κ3) is 3.37. The summed E-state index contributed by atoms with van der Waals surface area (Å²) in [5, 5.41) is 4.08. The Kier molecular flexibility index (Phi) is 4.22. The van der Waals surface area contributed by atoms with Gasteiger partial charge < -0.3 is 4.90 Å². The van der Waals surface area contributed by atoms with Crippen molar-refractivity contribution in [1.82, 2.24) is 19.7 Å². The molecule has 0 aromatic carbocycles. The SMILES string of the molecule is CCN(CCn1cccn1)C(=O)c1cncc(F)c1. The van der Waals surface area contributed by atoms with Crippen LogP contribution in [0.15, 0.2) is 36.9 Å². The van der Waals surface area contributed by atoms with E-state index in [1.807, 2.05) is 19.2 Å². The lowest BCUT2D eigenvalue weighted by molar-refractivity contribution is 0.0756. The highest BCUT2D eigenvalue weighted by Gasteiger charge is 2.15. The molecular formula is C13H15FN4O. The first-order valence-electron chi connectivity index (χ1n) is 6.08. The Hall–Kier alpha value is -2.24. The monoisotopic (exact) mass is 262 g/mol. The highest BCUT2D eigenvalue weighted by molar-refractivity contribution is 5.93. The van der Waals surface area contributed by atoms with E-state index < -0.39 is 5.82 Å². The van der Waals surface area contributed by atoms with Crippen molar-refractivity contribution in [2.45, 2.75) is 13.5 Å². The van der Waals surface area contributed by atoms with Crippen molar-refractivity contribution in [3.05, 3.63) is 48.3 Å². The molecule has 0 fully saturated rings. The van der Waals surface area contributed by atoms with E-state index >= 15 is 0 Å². The number of pyridine rings is 1. The molecule has 0 unspecified atom stereocenters. The van der Waals surface area contributed by atoms with Gasteiger partial charge in [-0.05, 0) is 19.1 Å². The van der Waals surface area contributed by atoms with E-state index in [1.54, 1.807) is 15.8 Å². The van der Waals surface area contributed by atoms with Gasteiger partial charge in [0.15, 0.2) is 0 Å². The molecule has 2 aromatic heterocycles. The van der Waals surface area contributed by atoms with Gasteiger partial charge in [-0.25, -0.2) is 4.39 Å². The summed E-state index contributed by atoms with van der Waals surface area (Å²) in [6, 6.07) is 3.03. The molecular weight excluding hydrogens is 247 g/mol. The fourth-order valence-corrected chi connectivity index (χ4v) is 1.77. The number of rotatable bonds is 5. The fraction of sp³-hybridized carbons (Fsp3) is 0.308. The summed E-state index contributed by atoms with van der Waals surface area (Å²) >= 11 is 0. The summed E-state index contributed by atoms with van der Waals surface area (Å²) < 4.78 is 14.8. The quantitative estimate of drug-likeness (QED) is 0.822. The minimum atomic E-state index is -0.506. The Bertz CT molecular complexity index is 541. The van der Waals surface area contributed by atoms with Crippen LogP contribution in [0.25, 0.3) is 0 Å². The highest BCUT2D eigenvalue weighted by Crippen LogP contribution is 2.06. The van der Waals surface area contributed by atoms with Gasteiger partial charge in [-0.2, -0.15) is 5.10 Å². The average molecular weight is 262 g/mol. The Morgan fingerprint density at radius 2 is 2.32 bits per heavy atom. The van der Waals surface area contributed by atoms with Crippen LogP contribution >= 0.6 is 0 Å². The third-order valence-corrected chi connectivity index (χ3v) is 2.78. The maximum absolute atomic E-state index is 13.1. The van der Waals surface area contributed by atoms with E-state index in [9.17, 15) is 9.18 Å². The van der Waals surface area contributed by atoms with Crippen LogP contribution in [-0.2, 0) is 6.54 Å². The summed E-state index contributed by atoms with van der Waals surface area (Å²) in [6.07, 6.45) is 5.98. The minimum Gasteiger partial charge on any atom is -0.337 e. The van der Waals surface area contributed by atoms with Crippen molar-refractivity contribution in [2.24, 2.45) is 0 Å². The van der Waals surface area contributed by atoms with Crippen LogP contribution in [0.2, 0.25) is 0 Å². The molecule has 2 heterocycles. The van der Waals surface area contributed by atoms with Gasteiger partial charge in [0.25, 0.3) is 5.91 Å². The first-order valence-corrected chi connectivity index (χ1v) is 6.08. The molecule has 0 aliphatic rings. The van der Waals surface area contributed by atoms with Crippen LogP contribution in [0.1, 0.15) is 17.3 Å². The average Bonchev–Trinajstić information content (AvgIpc) is 2.92. The smallest absolute Gasteiger partial charge is 0.255 e. The van der Waals surface area contributed by atoms with Gasteiger partial charge in [0.1, 0.15) is 5.82 Å². The summed E-state index contributed by atoms with van der Waals surface area (Å²) in [6.45, 7) is 3.56. The van der Waals surface area contributed by atoms with Crippen molar-refractivity contribution in [3.8, 4) is 0 Å². The number of aromatic nitrogens is 3. The van der Waals surface area contributed by atoms with Crippen LogP contribution in [0.5, 0.6) is 0 Å². The van der Waals surface area contributed by atoms with Gasteiger partial charge in [-0.3, -0.25) is 14.5 Å². The van der Waals surface area contributed by atoms with Crippen molar-refractivity contribution in [3.63, 3.8) is 0 Å². The molecule has 2 aromatic rings. The first-order chi connectivity index (χ1) is 9.20. The number of hydrogen-bond acceptors (Lipinski definition) is 3. The molecule has 0 aliphatic heterocycles. The number of carbonyl (C=O) groups excluding carboxylic acids is 1. The molecule has 6 heteroatoms. The molecule has 0 bridgehead atoms. The second-order valence-corrected chi connectivity index (χ2v) is 4.05. The Labute approximate surface area is 110 Å². The number of halogens is 1. The molecule has 0 N–H and O–H groups in total. The van der Waals surface area contributed by atoms with Gasteiger partial charge >= 0.3 is 0 Å². The summed E-state index contributed by atoms with van der Waals surface area (Å²) in [4.78, 5) is 17.5. The lowest BCUT2D eigenvalue weighted by Gasteiger charge is -2.20. The number of nitrogens with zero attached hydrogens (tertiary/aromatic N) is 4. The van der Waals surface area contributed by atoms with E-state index in [2.05, 4.69) is 10.1 Å². The number of likely N-dealkylation sites (N-methyl/N-ethyl adjacent to an activating group) is 1. The van der Waals surface area contributed by atoms with Gasteiger partial charge in [-0.15, -0.1) is 0 Å². The molecule has 5 nitrogen and oxygen atoms in total. The molecule has 0 spiro atoms. The summed E-state index contributed by atoms with van der Waals surface area (Å²) in [5.74, 6) is -0.726. The number of hydrogen-bond donors (Lipinski definition) is 0. The zero-order valence-electron chi connectivity index (χ0n) is 10.7. The van der Waals surface area contributed by atoms with Crippen LogP contribution in [-0.4, -0.2) is 38.7 Å². The van der Waals surface area contributed by atoms with E-state index in [4.69, 9.17) is 0 Å².